The van der Waals surface area contributed by atoms with E-state index in [0.29, 0.717) is 12.6 Å². The van der Waals surface area contributed by atoms with E-state index in [1.807, 2.05) is 24.3 Å². The molecular formula is C18H27N3O2. The first-order valence-corrected chi connectivity index (χ1v) is 8.14. The monoisotopic (exact) mass is 317 g/mol. The minimum Gasteiger partial charge on any atom is -0.497 e. The molecule has 2 rings (SSSR count). The highest BCUT2D eigenvalue weighted by Crippen LogP contribution is 2.12. The lowest BCUT2D eigenvalue weighted by Crippen LogP contribution is -2.42. The van der Waals surface area contributed by atoms with E-state index in [1.165, 1.54) is 0 Å². The fourth-order valence-electron chi connectivity index (χ4n) is 2.42. The topological polar surface area (TPSA) is 54.9 Å². The molecule has 5 nitrogen and oxygen atoms in total. The second-order valence-corrected chi connectivity index (χ2v) is 5.54. The molecule has 1 aliphatic rings. The Kier molecular flexibility index (Phi) is 7.46. The number of ether oxygens (including phenoxy) is 2. The molecule has 0 heterocycles. The second-order valence-electron chi connectivity index (χ2n) is 5.54. The van der Waals surface area contributed by atoms with Crippen LogP contribution in [0.2, 0.25) is 0 Å². The van der Waals surface area contributed by atoms with Crippen LogP contribution in [-0.4, -0.2) is 39.3 Å². The standard InChI is InChI=1S/C18H27N3O2/c1-19-18(21-16-6-3-4-7-16)20-12-5-13-23-14-15-8-10-17(22-2)11-9-15/h3-4,8-11,16H,5-7,12-14H2,1-2H3,(H2,19,20,21). The number of aliphatic imine (C=N–C) groups is 1. The number of nitrogens with zero attached hydrogens (tertiary/aromatic N) is 1. The van der Waals surface area contributed by atoms with Gasteiger partial charge in [-0.25, -0.2) is 0 Å². The van der Waals surface area contributed by atoms with Crippen molar-refractivity contribution < 1.29 is 9.47 Å². The van der Waals surface area contributed by atoms with Crippen LogP contribution in [-0.2, 0) is 11.3 Å². The number of hydrogen-bond acceptors (Lipinski definition) is 3. The molecule has 23 heavy (non-hydrogen) atoms. The molecule has 1 aromatic rings. The lowest BCUT2D eigenvalue weighted by Gasteiger charge is -2.16. The molecule has 0 aromatic heterocycles. The van der Waals surface area contributed by atoms with Crippen molar-refractivity contribution in [2.45, 2.75) is 31.9 Å². The van der Waals surface area contributed by atoms with Crippen molar-refractivity contribution in [3.05, 3.63) is 42.0 Å². The van der Waals surface area contributed by atoms with Gasteiger partial charge in [-0.1, -0.05) is 24.3 Å². The molecule has 0 atom stereocenters. The van der Waals surface area contributed by atoms with Crippen molar-refractivity contribution in [2.75, 3.05) is 27.3 Å². The van der Waals surface area contributed by atoms with E-state index in [1.54, 1.807) is 14.2 Å². The summed E-state index contributed by atoms with van der Waals surface area (Å²) >= 11 is 0. The first kappa shape index (κ1) is 17.3. The van der Waals surface area contributed by atoms with Gasteiger partial charge >= 0.3 is 0 Å². The maximum Gasteiger partial charge on any atom is 0.191 e. The first-order chi connectivity index (χ1) is 11.3. The molecule has 1 aromatic carbocycles. The van der Waals surface area contributed by atoms with Gasteiger partial charge in [0.05, 0.1) is 13.7 Å². The molecule has 0 saturated carbocycles. The Morgan fingerprint density at radius 1 is 1.22 bits per heavy atom. The lowest BCUT2D eigenvalue weighted by atomic mass is 10.2. The molecule has 2 N–H and O–H groups in total. The Labute approximate surface area is 138 Å². The maximum absolute atomic E-state index is 5.69. The van der Waals surface area contributed by atoms with Crippen LogP contribution < -0.4 is 15.4 Å². The smallest absolute Gasteiger partial charge is 0.191 e. The normalized spacial score (nSPS) is 15.0. The summed E-state index contributed by atoms with van der Waals surface area (Å²) in [5.41, 5.74) is 1.16. The van der Waals surface area contributed by atoms with E-state index in [4.69, 9.17) is 9.47 Å². The van der Waals surface area contributed by atoms with Gasteiger partial charge in [0, 0.05) is 26.2 Å². The highest BCUT2D eigenvalue weighted by atomic mass is 16.5. The Balaban J connectivity index is 1.54. The molecular weight excluding hydrogens is 290 g/mol. The van der Waals surface area contributed by atoms with Crippen LogP contribution in [0.5, 0.6) is 5.75 Å². The summed E-state index contributed by atoms with van der Waals surface area (Å²) in [6.07, 6.45) is 7.51. The molecule has 0 unspecified atom stereocenters. The molecule has 0 saturated heterocycles. The Morgan fingerprint density at radius 3 is 2.61 bits per heavy atom. The van der Waals surface area contributed by atoms with Gasteiger partial charge in [0.1, 0.15) is 5.75 Å². The Morgan fingerprint density at radius 2 is 1.96 bits per heavy atom. The predicted molar refractivity (Wildman–Crippen MR) is 93.9 cm³/mol. The third-order valence-electron chi connectivity index (χ3n) is 3.76. The van der Waals surface area contributed by atoms with Gasteiger partial charge in [0.15, 0.2) is 5.96 Å². The summed E-state index contributed by atoms with van der Waals surface area (Å²) in [4.78, 5) is 4.25. The van der Waals surface area contributed by atoms with E-state index in [-0.39, 0.29) is 0 Å². The zero-order valence-electron chi connectivity index (χ0n) is 14.0. The minimum atomic E-state index is 0.479. The SMILES string of the molecule is CN=C(NCCCOCc1ccc(OC)cc1)NC1CC=CC1. The average Bonchev–Trinajstić information content (AvgIpc) is 3.10. The predicted octanol–water partition coefficient (Wildman–Crippen LogP) is 2.49. The molecule has 0 fully saturated rings. The Bertz CT molecular complexity index is 504. The maximum atomic E-state index is 5.69. The highest BCUT2D eigenvalue weighted by Gasteiger charge is 2.10. The van der Waals surface area contributed by atoms with E-state index < -0.39 is 0 Å². The summed E-state index contributed by atoms with van der Waals surface area (Å²) in [5, 5.41) is 6.74. The van der Waals surface area contributed by atoms with Gasteiger partial charge in [-0.3, -0.25) is 4.99 Å². The molecule has 1 aliphatic carbocycles. The zero-order valence-corrected chi connectivity index (χ0v) is 14.0. The summed E-state index contributed by atoms with van der Waals surface area (Å²) < 4.78 is 10.8. The number of benzene rings is 1. The summed E-state index contributed by atoms with van der Waals surface area (Å²) in [7, 11) is 3.47. The fourth-order valence-corrected chi connectivity index (χ4v) is 2.42. The average molecular weight is 317 g/mol. The Hall–Kier alpha value is -2.01. The molecule has 5 heteroatoms. The van der Waals surface area contributed by atoms with Gasteiger partial charge in [0.2, 0.25) is 0 Å². The van der Waals surface area contributed by atoms with E-state index in [2.05, 4.69) is 27.8 Å². The summed E-state index contributed by atoms with van der Waals surface area (Å²) in [6, 6.07) is 8.44. The van der Waals surface area contributed by atoms with Crippen LogP contribution >= 0.6 is 0 Å². The molecule has 0 spiro atoms. The molecule has 0 radical (unpaired) electrons. The second kappa shape index (κ2) is 9.90. The fraction of sp³-hybridized carbons (Fsp3) is 0.500. The number of nitrogens with one attached hydrogen (secondary N) is 2. The number of guanidine groups is 1. The molecule has 0 amide bonds. The van der Waals surface area contributed by atoms with Crippen molar-refractivity contribution in [3.63, 3.8) is 0 Å². The van der Waals surface area contributed by atoms with Crippen molar-refractivity contribution in [1.82, 2.24) is 10.6 Å². The van der Waals surface area contributed by atoms with Gasteiger partial charge in [0.25, 0.3) is 0 Å². The molecule has 126 valence electrons. The van der Waals surface area contributed by atoms with Gasteiger partial charge < -0.3 is 20.1 Å². The van der Waals surface area contributed by atoms with Gasteiger partial charge in [-0.05, 0) is 37.0 Å². The van der Waals surface area contributed by atoms with Crippen LogP contribution in [0.4, 0.5) is 0 Å². The van der Waals surface area contributed by atoms with E-state index >= 15 is 0 Å². The molecule has 0 aliphatic heterocycles. The van der Waals surface area contributed by atoms with Crippen LogP contribution in [0.15, 0.2) is 41.4 Å². The lowest BCUT2D eigenvalue weighted by molar-refractivity contribution is 0.119. The first-order valence-electron chi connectivity index (χ1n) is 8.14. The van der Waals surface area contributed by atoms with Crippen LogP contribution in [0.1, 0.15) is 24.8 Å². The summed E-state index contributed by atoms with van der Waals surface area (Å²) in [6.45, 7) is 2.20. The van der Waals surface area contributed by atoms with Gasteiger partial charge in [-0.2, -0.15) is 0 Å². The van der Waals surface area contributed by atoms with Gasteiger partial charge in [-0.15, -0.1) is 0 Å². The third-order valence-corrected chi connectivity index (χ3v) is 3.76. The number of methoxy groups -OCH3 is 1. The van der Waals surface area contributed by atoms with Crippen LogP contribution in [0, 0.1) is 0 Å². The van der Waals surface area contributed by atoms with E-state index in [0.717, 1.165) is 49.7 Å². The highest BCUT2D eigenvalue weighted by molar-refractivity contribution is 5.80. The number of rotatable bonds is 8. The minimum absolute atomic E-state index is 0.479. The quantitative estimate of drug-likeness (QED) is 0.335. The van der Waals surface area contributed by atoms with Crippen molar-refractivity contribution >= 4 is 5.96 Å². The summed E-state index contributed by atoms with van der Waals surface area (Å²) in [5.74, 6) is 1.74. The number of hydrogen-bond donors (Lipinski definition) is 2. The zero-order chi connectivity index (χ0) is 16.3. The van der Waals surface area contributed by atoms with Crippen LogP contribution in [0.3, 0.4) is 0 Å². The van der Waals surface area contributed by atoms with Crippen molar-refractivity contribution in [2.24, 2.45) is 4.99 Å². The largest absolute Gasteiger partial charge is 0.497 e. The van der Waals surface area contributed by atoms with Crippen molar-refractivity contribution in [1.29, 1.82) is 0 Å². The van der Waals surface area contributed by atoms with Crippen molar-refractivity contribution in [3.8, 4) is 5.75 Å². The van der Waals surface area contributed by atoms with Crippen LogP contribution in [0.25, 0.3) is 0 Å². The van der Waals surface area contributed by atoms with E-state index in [9.17, 15) is 0 Å². The third kappa shape index (κ3) is 6.32. The molecule has 0 bridgehead atoms.